The fourth-order valence-electron chi connectivity index (χ4n) is 2.25. The van der Waals surface area contributed by atoms with Crippen molar-refractivity contribution in [2.75, 3.05) is 7.11 Å². The van der Waals surface area contributed by atoms with Crippen molar-refractivity contribution in [2.24, 2.45) is 5.92 Å². The maximum atomic E-state index is 5.43. The molecule has 0 aliphatic carbocycles. The summed E-state index contributed by atoms with van der Waals surface area (Å²) in [5.74, 6) is 3.17. The molecule has 0 radical (unpaired) electrons. The Morgan fingerprint density at radius 1 is 1.27 bits per heavy atom. The van der Waals surface area contributed by atoms with Crippen LogP contribution in [-0.4, -0.2) is 37.1 Å². The van der Waals surface area contributed by atoms with E-state index < -0.39 is 0 Å². The van der Waals surface area contributed by atoms with Gasteiger partial charge in [-0.25, -0.2) is 14.6 Å². The zero-order chi connectivity index (χ0) is 15.5. The van der Waals surface area contributed by atoms with Gasteiger partial charge in [0, 0.05) is 6.42 Å². The number of nitrogens with zero attached hydrogens (tertiary/aromatic N) is 5. The van der Waals surface area contributed by atoms with E-state index in [1.165, 1.54) is 6.33 Å². The molecule has 0 unspecified atom stereocenters. The molecule has 2 aromatic heterocycles. The van der Waals surface area contributed by atoms with E-state index in [0.29, 0.717) is 17.6 Å². The Morgan fingerprint density at radius 2 is 2.09 bits per heavy atom. The predicted molar refractivity (Wildman–Crippen MR) is 81.8 cm³/mol. The van der Waals surface area contributed by atoms with Crippen molar-refractivity contribution in [3.63, 3.8) is 0 Å². The van der Waals surface area contributed by atoms with Crippen LogP contribution in [0.3, 0.4) is 0 Å². The van der Waals surface area contributed by atoms with Gasteiger partial charge in [-0.05, 0) is 18.1 Å². The number of rotatable bonds is 5. The van der Waals surface area contributed by atoms with Crippen molar-refractivity contribution >= 4 is 0 Å². The van der Waals surface area contributed by atoms with E-state index in [1.54, 1.807) is 11.8 Å². The predicted octanol–water partition coefficient (Wildman–Crippen LogP) is 2.26. The monoisotopic (exact) mass is 298 g/mol. The first-order valence-corrected chi connectivity index (χ1v) is 7.14. The van der Waals surface area contributed by atoms with Crippen LogP contribution in [0.4, 0.5) is 0 Å². The highest BCUT2D eigenvalue weighted by Gasteiger charge is 2.18. The number of methoxy groups -OCH3 is 1. The highest BCUT2D eigenvalue weighted by molar-refractivity contribution is 5.53. The molecule has 3 aromatic rings. The fourth-order valence-corrected chi connectivity index (χ4v) is 2.25. The molecule has 0 atom stereocenters. The van der Waals surface area contributed by atoms with Crippen LogP contribution < -0.4 is 4.74 Å². The summed E-state index contributed by atoms with van der Waals surface area (Å²) in [7, 11) is 1.64. The largest absolute Gasteiger partial charge is 0.494 e. The van der Waals surface area contributed by atoms with Crippen molar-refractivity contribution in [1.82, 2.24) is 29.9 Å². The number of hydrogen-bond donors (Lipinski definition) is 1. The smallest absolute Gasteiger partial charge is 0.201 e. The summed E-state index contributed by atoms with van der Waals surface area (Å²) in [6.07, 6.45) is 2.25. The Hall–Kier alpha value is -2.70. The lowest BCUT2D eigenvalue weighted by molar-refractivity contribution is 0.411. The van der Waals surface area contributed by atoms with Crippen LogP contribution in [0.5, 0.6) is 5.75 Å². The molecule has 2 heterocycles. The lowest BCUT2D eigenvalue weighted by Gasteiger charge is -2.09. The highest BCUT2D eigenvalue weighted by atomic mass is 16.5. The number of aromatic amines is 1. The van der Waals surface area contributed by atoms with Crippen LogP contribution in [0.15, 0.2) is 30.6 Å². The average Bonchev–Trinajstić information content (AvgIpc) is 3.15. The van der Waals surface area contributed by atoms with Crippen LogP contribution >= 0.6 is 0 Å². The number of aromatic nitrogens is 6. The van der Waals surface area contributed by atoms with Crippen LogP contribution in [0.1, 0.15) is 19.7 Å². The first-order chi connectivity index (χ1) is 10.7. The minimum absolute atomic E-state index is 0.469. The zero-order valence-electron chi connectivity index (χ0n) is 12.8. The summed E-state index contributed by atoms with van der Waals surface area (Å²) < 4.78 is 7.17. The van der Waals surface area contributed by atoms with Gasteiger partial charge in [-0.1, -0.05) is 26.0 Å². The molecule has 1 N–H and O–H groups in total. The van der Waals surface area contributed by atoms with E-state index in [1.807, 2.05) is 24.3 Å². The van der Waals surface area contributed by atoms with Crippen molar-refractivity contribution in [2.45, 2.75) is 20.3 Å². The lowest BCUT2D eigenvalue weighted by atomic mass is 10.1. The minimum atomic E-state index is 0.469. The third-order valence-corrected chi connectivity index (χ3v) is 3.18. The SMILES string of the molecule is COc1ccccc1-n1nc(CC(C)C)nc1-c1ncn[nH]1. The van der Waals surface area contributed by atoms with Crippen molar-refractivity contribution < 1.29 is 4.74 Å². The van der Waals surface area contributed by atoms with Gasteiger partial charge in [0.25, 0.3) is 0 Å². The van der Waals surface area contributed by atoms with E-state index in [9.17, 15) is 0 Å². The Kier molecular flexibility index (Phi) is 3.86. The van der Waals surface area contributed by atoms with E-state index in [-0.39, 0.29) is 0 Å². The minimum Gasteiger partial charge on any atom is -0.494 e. The summed E-state index contributed by atoms with van der Waals surface area (Å²) in [6, 6.07) is 7.68. The van der Waals surface area contributed by atoms with Gasteiger partial charge in [-0.15, -0.1) is 0 Å². The molecule has 1 aromatic carbocycles. The van der Waals surface area contributed by atoms with Crippen LogP contribution in [-0.2, 0) is 6.42 Å². The second kappa shape index (κ2) is 5.97. The Bertz CT molecular complexity index is 747. The topological polar surface area (TPSA) is 81.5 Å². The molecule has 22 heavy (non-hydrogen) atoms. The van der Waals surface area contributed by atoms with Gasteiger partial charge in [-0.2, -0.15) is 10.2 Å². The van der Waals surface area contributed by atoms with E-state index in [4.69, 9.17) is 4.74 Å². The number of hydrogen-bond acceptors (Lipinski definition) is 5. The van der Waals surface area contributed by atoms with E-state index in [0.717, 1.165) is 23.7 Å². The maximum Gasteiger partial charge on any atom is 0.201 e. The van der Waals surface area contributed by atoms with E-state index in [2.05, 4.69) is 39.1 Å². The molecular weight excluding hydrogens is 280 g/mol. The quantitative estimate of drug-likeness (QED) is 0.781. The molecule has 0 aliphatic rings. The van der Waals surface area contributed by atoms with Gasteiger partial charge >= 0.3 is 0 Å². The molecule has 0 saturated heterocycles. The molecule has 0 bridgehead atoms. The molecule has 0 saturated carbocycles. The molecule has 0 spiro atoms. The third-order valence-electron chi connectivity index (χ3n) is 3.18. The standard InChI is InChI=1S/C15H18N6O/c1-10(2)8-13-18-15(14-16-9-17-19-14)21(20-13)11-6-4-5-7-12(11)22-3/h4-7,9-10H,8H2,1-3H3,(H,16,17,19). The fraction of sp³-hybridized carbons (Fsp3) is 0.333. The first-order valence-electron chi connectivity index (χ1n) is 7.14. The molecule has 0 aliphatic heterocycles. The molecular formula is C15H18N6O. The number of nitrogens with one attached hydrogen (secondary N) is 1. The summed E-state index contributed by atoms with van der Waals surface area (Å²) >= 11 is 0. The molecule has 3 rings (SSSR count). The average molecular weight is 298 g/mol. The van der Waals surface area contributed by atoms with Gasteiger partial charge < -0.3 is 4.74 Å². The van der Waals surface area contributed by atoms with Gasteiger partial charge in [0.1, 0.15) is 17.8 Å². The molecule has 0 amide bonds. The lowest BCUT2D eigenvalue weighted by Crippen LogP contribution is -2.03. The summed E-state index contributed by atoms with van der Waals surface area (Å²) in [4.78, 5) is 8.80. The third kappa shape index (κ3) is 2.69. The van der Waals surface area contributed by atoms with Crippen molar-refractivity contribution in [3.8, 4) is 23.1 Å². The van der Waals surface area contributed by atoms with Crippen molar-refractivity contribution in [1.29, 1.82) is 0 Å². The van der Waals surface area contributed by atoms with Crippen molar-refractivity contribution in [3.05, 3.63) is 36.4 Å². The van der Waals surface area contributed by atoms with Gasteiger partial charge in [0.05, 0.1) is 7.11 Å². The van der Waals surface area contributed by atoms with Gasteiger partial charge in [-0.3, -0.25) is 5.10 Å². The zero-order valence-corrected chi connectivity index (χ0v) is 12.8. The van der Waals surface area contributed by atoms with Crippen LogP contribution in [0, 0.1) is 5.92 Å². The summed E-state index contributed by atoms with van der Waals surface area (Å²) in [5.41, 5.74) is 0.818. The first kappa shape index (κ1) is 14.2. The van der Waals surface area contributed by atoms with Gasteiger partial charge in [0.2, 0.25) is 5.82 Å². The summed E-state index contributed by atoms with van der Waals surface area (Å²) in [6.45, 7) is 4.27. The number of para-hydroxylation sites is 2. The number of H-pyrrole nitrogens is 1. The highest BCUT2D eigenvalue weighted by Crippen LogP contribution is 2.26. The maximum absolute atomic E-state index is 5.43. The van der Waals surface area contributed by atoms with E-state index >= 15 is 0 Å². The normalized spacial score (nSPS) is 11.1. The Balaban J connectivity index is 2.14. The van der Waals surface area contributed by atoms with Crippen LogP contribution in [0.2, 0.25) is 0 Å². The number of benzene rings is 1. The second-order valence-electron chi connectivity index (χ2n) is 5.37. The van der Waals surface area contributed by atoms with Gasteiger partial charge in [0.15, 0.2) is 11.6 Å². The second-order valence-corrected chi connectivity index (χ2v) is 5.37. The summed E-state index contributed by atoms with van der Waals surface area (Å²) in [5, 5.41) is 11.4. The molecule has 7 nitrogen and oxygen atoms in total. The number of ether oxygens (including phenoxy) is 1. The Morgan fingerprint density at radius 3 is 2.77 bits per heavy atom. The van der Waals surface area contributed by atoms with Crippen LogP contribution in [0.25, 0.3) is 17.3 Å². The molecule has 7 heteroatoms. The molecule has 114 valence electrons. The Labute approximate surface area is 128 Å². The molecule has 0 fully saturated rings.